The molecule has 5 N–H and O–H groups in total. The molecule has 0 aromatic carbocycles. The summed E-state index contributed by atoms with van der Waals surface area (Å²) in [5.74, 6) is -2.49. The van der Waals surface area contributed by atoms with Gasteiger partial charge in [0.2, 0.25) is 5.91 Å². The van der Waals surface area contributed by atoms with Gasteiger partial charge in [0.15, 0.2) is 0 Å². The van der Waals surface area contributed by atoms with Gasteiger partial charge in [-0.15, -0.1) is 0 Å². The Labute approximate surface area is 122 Å². The molecule has 0 rings (SSSR count). The van der Waals surface area contributed by atoms with E-state index in [1.54, 1.807) is 6.92 Å². The van der Waals surface area contributed by atoms with Crippen molar-refractivity contribution in [1.29, 1.82) is 0 Å². The number of aliphatic carboxylic acids is 2. The number of carboxylic acids is 2. The molecule has 0 bridgehead atoms. The highest BCUT2D eigenvalue weighted by Crippen LogP contribution is 2.01. The molecule has 0 fully saturated rings. The van der Waals surface area contributed by atoms with E-state index >= 15 is 0 Å². The van der Waals surface area contributed by atoms with Crippen LogP contribution < -0.4 is 16.0 Å². The molecule has 0 aliphatic carbocycles. The molecule has 1 atom stereocenters. The molecule has 120 valence electrons. The average Bonchev–Trinajstić information content (AvgIpc) is 2.42. The average molecular weight is 303 g/mol. The third kappa shape index (κ3) is 10.2. The summed E-state index contributed by atoms with van der Waals surface area (Å²) in [7, 11) is 0. The Morgan fingerprint density at radius 3 is 2.24 bits per heavy atom. The van der Waals surface area contributed by atoms with Gasteiger partial charge in [-0.25, -0.2) is 9.59 Å². The molecule has 3 amide bonds. The van der Waals surface area contributed by atoms with Crippen molar-refractivity contribution in [3.05, 3.63) is 0 Å². The van der Waals surface area contributed by atoms with Crippen LogP contribution in [-0.2, 0) is 14.4 Å². The number of amides is 3. The Bertz CT molecular complexity index is 385. The summed E-state index contributed by atoms with van der Waals surface area (Å²) in [5, 5.41) is 24.2. The van der Waals surface area contributed by atoms with Crippen LogP contribution >= 0.6 is 0 Å². The second kappa shape index (κ2) is 10.5. The highest BCUT2D eigenvalue weighted by Gasteiger charge is 2.19. The number of carboxylic acid groups (broad SMARTS) is 2. The van der Waals surface area contributed by atoms with E-state index in [0.29, 0.717) is 25.8 Å². The molecule has 0 radical (unpaired) electrons. The van der Waals surface area contributed by atoms with Gasteiger partial charge in [0, 0.05) is 13.0 Å². The van der Waals surface area contributed by atoms with Gasteiger partial charge in [-0.05, 0) is 19.3 Å². The number of unbranched alkanes of at least 4 members (excludes halogenated alkanes) is 1. The zero-order valence-corrected chi connectivity index (χ0v) is 11.8. The van der Waals surface area contributed by atoms with Gasteiger partial charge in [-0.1, -0.05) is 6.92 Å². The van der Waals surface area contributed by atoms with Gasteiger partial charge in [-0.2, -0.15) is 0 Å². The zero-order chi connectivity index (χ0) is 16.3. The largest absolute Gasteiger partial charge is 0.480 e. The van der Waals surface area contributed by atoms with E-state index in [2.05, 4.69) is 10.6 Å². The first-order valence-electron chi connectivity index (χ1n) is 6.62. The summed E-state index contributed by atoms with van der Waals surface area (Å²) in [6.45, 7) is 1.60. The quantitative estimate of drug-likeness (QED) is 0.345. The third-order valence-electron chi connectivity index (χ3n) is 2.57. The maximum atomic E-state index is 11.3. The molecule has 0 aliphatic heterocycles. The van der Waals surface area contributed by atoms with Gasteiger partial charge in [-0.3, -0.25) is 9.59 Å². The third-order valence-corrected chi connectivity index (χ3v) is 2.57. The predicted molar refractivity (Wildman–Crippen MR) is 72.7 cm³/mol. The van der Waals surface area contributed by atoms with E-state index in [0.717, 1.165) is 0 Å². The minimum absolute atomic E-state index is 0.0732. The monoisotopic (exact) mass is 303 g/mol. The van der Waals surface area contributed by atoms with Crippen LogP contribution in [0.1, 0.15) is 32.6 Å². The first-order valence-corrected chi connectivity index (χ1v) is 6.62. The Balaban J connectivity index is 3.97. The molecule has 0 aliphatic rings. The maximum absolute atomic E-state index is 11.3. The van der Waals surface area contributed by atoms with Gasteiger partial charge >= 0.3 is 18.0 Å². The maximum Gasteiger partial charge on any atom is 0.326 e. The van der Waals surface area contributed by atoms with Crippen LogP contribution in [0.3, 0.4) is 0 Å². The molecular formula is C12H21N3O6. The van der Waals surface area contributed by atoms with E-state index in [4.69, 9.17) is 10.2 Å². The lowest BCUT2D eigenvalue weighted by atomic mass is 10.1. The summed E-state index contributed by atoms with van der Waals surface area (Å²) < 4.78 is 0. The molecule has 0 saturated carbocycles. The van der Waals surface area contributed by atoms with Crippen LogP contribution in [0.5, 0.6) is 0 Å². The molecular weight excluding hydrogens is 282 g/mol. The fourth-order valence-corrected chi connectivity index (χ4v) is 1.45. The van der Waals surface area contributed by atoms with Crippen molar-refractivity contribution in [3.8, 4) is 0 Å². The topological polar surface area (TPSA) is 145 Å². The van der Waals surface area contributed by atoms with Gasteiger partial charge < -0.3 is 26.2 Å². The van der Waals surface area contributed by atoms with Gasteiger partial charge in [0.25, 0.3) is 0 Å². The normalized spacial score (nSPS) is 11.3. The molecule has 1 unspecified atom stereocenters. The first kappa shape index (κ1) is 18.7. The lowest BCUT2D eigenvalue weighted by Gasteiger charge is -2.14. The van der Waals surface area contributed by atoms with E-state index in [1.165, 1.54) is 0 Å². The number of urea groups is 1. The first-order chi connectivity index (χ1) is 9.86. The van der Waals surface area contributed by atoms with Gasteiger partial charge in [0.05, 0.1) is 0 Å². The Hall–Kier alpha value is -2.32. The van der Waals surface area contributed by atoms with Crippen molar-refractivity contribution in [2.45, 2.75) is 38.6 Å². The van der Waals surface area contributed by atoms with E-state index < -0.39 is 30.6 Å². The summed E-state index contributed by atoms with van der Waals surface area (Å²) >= 11 is 0. The molecule has 9 heteroatoms. The number of carbonyl (C=O) groups excluding carboxylic acids is 2. The zero-order valence-electron chi connectivity index (χ0n) is 11.8. The van der Waals surface area contributed by atoms with Crippen molar-refractivity contribution < 1.29 is 29.4 Å². The standard InChI is InChI=1S/C12H21N3O6/c1-2-9(16)13-6-4-3-5-8(11(19)20)15-12(21)14-7-10(17)18/h8H,2-7H2,1H3,(H,13,16)(H,17,18)(H,19,20)(H2,14,15,21). The summed E-state index contributed by atoms with van der Waals surface area (Å²) in [4.78, 5) is 43.5. The van der Waals surface area contributed by atoms with Crippen LogP contribution in [0.4, 0.5) is 4.79 Å². The van der Waals surface area contributed by atoms with Crippen LogP contribution in [0, 0.1) is 0 Å². The summed E-state index contributed by atoms with van der Waals surface area (Å²) in [6, 6.07) is -1.94. The minimum atomic E-state index is -1.22. The molecule has 0 heterocycles. The van der Waals surface area contributed by atoms with Crippen LogP contribution in [-0.4, -0.2) is 53.2 Å². The fraction of sp³-hybridized carbons (Fsp3) is 0.667. The minimum Gasteiger partial charge on any atom is -0.480 e. The van der Waals surface area contributed by atoms with Crippen molar-refractivity contribution in [3.63, 3.8) is 0 Å². The molecule has 0 aromatic rings. The second-order valence-electron chi connectivity index (χ2n) is 4.31. The second-order valence-corrected chi connectivity index (χ2v) is 4.31. The van der Waals surface area contributed by atoms with Crippen molar-refractivity contribution >= 4 is 23.9 Å². The summed E-state index contributed by atoms with van der Waals surface area (Å²) in [5.41, 5.74) is 0. The number of hydrogen-bond acceptors (Lipinski definition) is 4. The number of rotatable bonds is 10. The molecule has 9 nitrogen and oxygen atoms in total. The Kier molecular flexibility index (Phi) is 9.31. The smallest absolute Gasteiger partial charge is 0.326 e. The molecule has 0 saturated heterocycles. The van der Waals surface area contributed by atoms with E-state index in [9.17, 15) is 19.2 Å². The Morgan fingerprint density at radius 2 is 1.71 bits per heavy atom. The number of hydrogen-bond donors (Lipinski definition) is 5. The van der Waals surface area contributed by atoms with Gasteiger partial charge in [0.1, 0.15) is 12.6 Å². The SMILES string of the molecule is CCC(=O)NCCCCC(NC(=O)NCC(=O)O)C(=O)O. The lowest BCUT2D eigenvalue weighted by molar-refractivity contribution is -0.139. The summed E-state index contributed by atoms with van der Waals surface area (Å²) in [6.07, 6.45) is 1.68. The lowest BCUT2D eigenvalue weighted by Crippen LogP contribution is -2.47. The van der Waals surface area contributed by atoms with Crippen molar-refractivity contribution in [1.82, 2.24) is 16.0 Å². The van der Waals surface area contributed by atoms with Crippen molar-refractivity contribution in [2.75, 3.05) is 13.1 Å². The number of carbonyl (C=O) groups is 4. The highest BCUT2D eigenvalue weighted by molar-refractivity contribution is 5.84. The molecule has 0 spiro atoms. The molecule has 0 aromatic heterocycles. The van der Waals surface area contributed by atoms with Crippen molar-refractivity contribution in [2.24, 2.45) is 0 Å². The Morgan fingerprint density at radius 1 is 1.05 bits per heavy atom. The van der Waals surface area contributed by atoms with E-state index in [-0.39, 0.29) is 12.3 Å². The number of nitrogens with one attached hydrogen (secondary N) is 3. The van der Waals surface area contributed by atoms with Crippen LogP contribution in [0.15, 0.2) is 0 Å². The molecule has 21 heavy (non-hydrogen) atoms. The van der Waals surface area contributed by atoms with Crippen LogP contribution in [0.25, 0.3) is 0 Å². The predicted octanol–water partition coefficient (Wildman–Crippen LogP) is -0.480. The fourth-order valence-electron chi connectivity index (χ4n) is 1.45. The highest BCUT2D eigenvalue weighted by atomic mass is 16.4. The van der Waals surface area contributed by atoms with E-state index in [1.807, 2.05) is 5.32 Å². The van der Waals surface area contributed by atoms with Crippen LogP contribution in [0.2, 0.25) is 0 Å².